The van der Waals surface area contributed by atoms with Gasteiger partial charge in [-0.2, -0.15) is 0 Å². The number of ether oxygens (including phenoxy) is 21. The molecule has 9 saturated heterocycles. The van der Waals surface area contributed by atoms with E-state index in [1.807, 2.05) is 0 Å². The Kier molecular flexibility index (Phi) is 46.8. The van der Waals surface area contributed by atoms with E-state index in [2.05, 4.69) is 31.9 Å². The topological polar surface area (TPSA) is 952 Å². The lowest BCUT2D eigenvalue weighted by atomic mass is 9.95. The van der Waals surface area contributed by atoms with E-state index in [1.165, 1.54) is 36.4 Å². The van der Waals surface area contributed by atoms with Crippen molar-refractivity contribution in [3.05, 3.63) is 42.0 Å². The number of carbonyl (C=O) groups excluding carboxylic acids is 6. The number of carboxylic acid groups (broad SMARTS) is 1. The number of hydrogen-bond donors (Lipinski definition) is 34. The van der Waals surface area contributed by atoms with E-state index < -0.39 is 414 Å². The van der Waals surface area contributed by atoms with E-state index in [0.717, 1.165) is 20.8 Å². The van der Waals surface area contributed by atoms with E-state index >= 15 is 0 Å². The molecule has 34 N–H and O–H groups in total. The van der Waals surface area contributed by atoms with Crippen molar-refractivity contribution in [3.63, 3.8) is 0 Å². The van der Waals surface area contributed by atoms with Crippen molar-refractivity contribution < 1.29 is 276 Å². The monoisotopic (exact) mass is 2170 g/mol. The van der Waals surface area contributed by atoms with Crippen LogP contribution in [0.15, 0.2) is 36.4 Å². The van der Waals surface area contributed by atoms with Gasteiger partial charge in [0.25, 0.3) is 17.7 Å². The zero-order valence-electron chi connectivity index (χ0n) is 80.7. The zero-order valence-corrected chi connectivity index (χ0v) is 80.7. The van der Waals surface area contributed by atoms with Gasteiger partial charge in [0, 0.05) is 40.4 Å². The van der Waals surface area contributed by atoms with Crippen molar-refractivity contribution in [3.8, 4) is 28.4 Å². The average molecular weight is 2170 g/mol. The van der Waals surface area contributed by atoms with Gasteiger partial charge >= 0.3 is 5.97 Å². The number of amides is 6. The standard InChI is InChI=1S/C88H136N6O56/c1-31(104)92-51-60(116)73(145-86-69(125)76(57(113)42(22-98)139-86)148-83-66(122)63(119)54(110)39(19-95)136-83)45(25-101)142-80(51)130-13-5-10-89-48(107)28-133-37-17-36(34-8-4-9-35(16-34)79(128)129)18-38(134-29-49(108)90-11-6-14-131-81-52(93-32(2)105)61(117)74(46(26-102)143-81)146-87-70(126)77(58(114)43(23-99)140-87)149-84-67(123)64(120)55(111)40(20-96)137-84)72(37)135-30-50(109)91-12-7-15-132-82-53(94-33(3)106)62(118)75(47(27-103)144-82)147-88-71(127)78(59(115)44(24-100)141-88)150-85-68(124)65(121)56(112)41(21-97)138-85/h4,8-9,16-18,39-47,51-71,73-78,80-88,95-103,110-127H,5-7,10-15,19-30H2,1-3H3,(H,89,107)(H,90,108)(H,91,109)(H,92,104)(H,93,105)(H,94,106)(H,128,129)/t39?,40?,41?,42?,43?,44?,45?,46?,47?,51?,52?,53?,54-,55-,56-,57-,58-,59-,60?,61?,62?,63?,64?,65?,66?,67?,68+,69?,70?,71?,73+,74+,75+,76?,77?,78?,80+,81+,82+,83+,84+,85+,86-,87-,88-/m0/s1. The molecule has 62 heteroatoms. The molecule has 6 amide bonds. The first-order valence-electron chi connectivity index (χ1n) is 47.9. The van der Waals surface area contributed by atoms with Crippen molar-refractivity contribution in [2.45, 2.75) is 316 Å². The Morgan fingerprint density at radius 1 is 0.280 bits per heavy atom. The van der Waals surface area contributed by atoms with Crippen LogP contribution in [0.1, 0.15) is 50.4 Å². The minimum absolute atomic E-state index is 0.0682. The molecule has 854 valence electrons. The van der Waals surface area contributed by atoms with E-state index in [4.69, 9.17) is 99.5 Å². The van der Waals surface area contributed by atoms with Gasteiger partial charge in [-0.15, -0.1) is 0 Å². The Morgan fingerprint density at radius 3 is 0.800 bits per heavy atom. The molecule has 9 fully saturated rings. The van der Waals surface area contributed by atoms with Gasteiger partial charge < -0.3 is 274 Å². The zero-order chi connectivity index (χ0) is 110. The second-order valence-electron chi connectivity index (χ2n) is 36.4. The molecule has 0 aliphatic carbocycles. The summed E-state index contributed by atoms with van der Waals surface area (Å²) in [4.78, 5) is 92.4. The van der Waals surface area contributed by atoms with Crippen LogP contribution in [0, 0.1) is 0 Å². The molecule has 0 radical (unpaired) electrons. The molecule has 150 heavy (non-hydrogen) atoms. The molecule has 2 aromatic rings. The number of carbonyl (C=O) groups is 7. The Morgan fingerprint density at radius 2 is 0.533 bits per heavy atom. The lowest BCUT2D eigenvalue weighted by Crippen LogP contribution is -2.68. The van der Waals surface area contributed by atoms with Crippen LogP contribution in [0.4, 0.5) is 0 Å². The van der Waals surface area contributed by atoms with Gasteiger partial charge in [0.2, 0.25) is 23.5 Å². The van der Waals surface area contributed by atoms with Gasteiger partial charge in [0.1, 0.15) is 220 Å². The molecule has 62 nitrogen and oxygen atoms in total. The van der Waals surface area contributed by atoms with E-state index in [0.29, 0.717) is 0 Å². The number of carboxylic acids is 1. The van der Waals surface area contributed by atoms with Gasteiger partial charge in [-0.05, 0) is 54.7 Å². The molecule has 0 aromatic heterocycles. The van der Waals surface area contributed by atoms with Gasteiger partial charge in [-0.1, -0.05) is 12.1 Å². The van der Waals surface area contributed by atoms with Crippen LogP contribution in [0.5, 0.6) is 17.2 Å². The van der Waals surface area contributed by atoms with Crippen molar-refractivity contribution in [2.24, 2.45) is 0 Å². The van der Waals surface area contributed by atoms with Gasteiger partial charge in [-0.3, -0.25) is 28.8 Å². The second kappa shape index (κ2) is 57.3. The number of aliphatic hydroxyl groups excluding tert-OH is 27. The van der Waals surface area contributed by atoms with Crippen LogP contribution < -0.4 is 46.1 Å². The maximum absolute atomic E-state index is 14.0. The number of aliphatic hydroxyl groups is 27. The number of rotatable bonds is 50. The Hall–Kier alpha value is -7.67. The second-order valence-corrected chi connectivity index (χ2v) is 36.4. The minimum Gasteiger partial charge on any atom is -0.480 e. The third kappa shape index (κ3) is 30.4. The molecule has 11 rings (SSSR count). The quantitative estimate of drug-likeness (QED) is 0.0274. The predicted octanol–water partition coefficient (Wildman–Crippen LogP) is -19.5. The fourth-order valence-corrected chi connectivity index (χ4v) is 17.8. The summed E-state index contributed by atoms with van der Waals surface area (Å²) >= 11 is 0. The lowest BCUT2D eigenvalue weighted by molar-refractivity contribution is -0.376. The van der Waals surface area contributed by atoms with E-state index in [1.54, 1.807) is 0 Å². The first-order chi connectivity index (χ1) is 71.5. The van der Waals surface area contributed by atoms with Crippen molar-refractivity contribution in [2.75, 3.05) is 119 Å². The fourth-order valence-electron chi connectivity index (χ4n) is 17.8. The first-order valence-corrected chi connectivity index (χ1v) is 47.9. The summed E-state index contributed by atoms with van der Waals surface area (Å²) in [5, 5.41) is 315. The van der Waals surface area contributed by atoms with Crippen LogP contribution in [0.2, 0.25) is 0 Å². The molecule has 2 aromatic carbocycles. The molecule has 0 spiro atoms. The summed E-state index contributed by atoms with van der Waals surface area (Å²) in [6, 6.07) is 3.10. The number of hydrogen-bond acceptors (Lipinski definition) is 55. The van der Waals surface area contributed by atoms with Gasteiger partial charge in [-0.25, -0.2) is 4.79 Å². The third-order valence-corrected chi connectivity index (χ3v) is 25.7. The van der Waals surface area contributed by atoms with Crippen LogP contribution >= 0.6 is 0 Å². The summed E-state index contributed by atoms with van der Waals surface area (Å²) in [6.45, 7) is -9.99. The van der Waals surface area contributed by atoms with Crippen molar-refractivity contribution >= 4 is 41.4 Å². The summed E-state index contributed by atoms with van der Waals surface area (Å²) < 4.78 is 122. The average Bonchev–Trinajstić information content (AvgIpc) is 0.802. The summed E-state index contributed by atoms with van der Waals surface area (Å²) in [7, 11) is 0. The third-order valence-electron chi connectivity index (χ3n) is 25.7. The highest BCUT2D eigenvalue weighted by molar-refractivity contribution is 5.90. The molecule has 45 atom stereocenters. The van der Waals surface area contributed by atoms with E-state index in [9.17, 15) is 177 Å². The molecule has 9 aliphatic rings. The van der Waals surface area contributed by atoms with Crippen LogP contribution in [0.25, 0.3) is 11.1 Å². The molecule has 0 saturated carbocycles. The molecular formula is C88H136N6O56. The molecule has 0 bridgehead atoms. The van der Waals surface area contributed by atoms with Crippen LogP contribution in [0.3, 0.4) is 0 Å². The van der Waals surface area contributed by atoms with Crippen LogP contribution in [-0.4, -0.2) is 579 Å². The van der Waals surface area contributed by atoms with Gasteiger partial charge in [0.15, 0.2) is 87.9 Å². The normalized spacial score (nSPS) is 39.3. The molecule has 26 unspecified atom stereocenters. The summed E-state index contributed by atoms with van der Waals surface area (Å²) in [6.07, 6.45) is -77.9. The molecular weight excluding hydrogens is 2040 g/mol. The Bertz CT molecular complexity index is 4380. The fraction of sp³-hybridized carbons (Fsp3) is 0.784. The maximum atomic E-state index is 14.0. The SMILES string of the molecule is CC(=O)NC1C(O)[C@H](O[C@@H]2OC(CO)[C@H](O)C(O[C@H]3OC(CO)[C@H](O)C(O)C3O)C2O)C(CO)O[C@H]1OCCCNC(=O)COc1cc(-c2cccc(C(=O)O)c2)cc(OCC(=O)NCCCO[C@@H]2OC(CO)[C@@H](O[C@@H]3OC(CO)[C@H](O)C(O[C@H]4OC(CO)[C@H](O)C(O)C4O)C3O)C(O)C2NC(C)=O)c1OCC(=O)NCCCO[C@@H]1OC(CO)[C@@H](O[C@@H]2OC(CO)[C@H](O)C(O[C@H]3OC(CO)[C@H](O)C(O)[C@H]3O)C2O)C(O)C1NC(C)=O. The number of nitrogens with one attached hydrogen (secondary N) is 6. The van der Waals surface area contributed by atoms with E-state index in [-0.39, 0.29) is 75.4 Å². The molecule has 9 aliphatic heterocycles. The van der Waals surface area contributed by atoms with Crippen molar-refractivity contribution in [1.82, 2.24) is 31.9 Å². The predicted molar refractivity (Wildman–Crippen MR) is 478 cm³/mol. The first kappa shape index (κ1) is 123. The smallest absolute Gasteiger partial charge is 0.335 e. The highest BCUT2D eigenvalue weighted by Gasteiger charge is 2.60. The Balaban J connectivity index is 0.753. The number of benzene rings is 2. The lowest BCUT2D eigenvalue weighted by Gasteiger charge is -2.48. The van der Waals surface area contributed by atoms with Crippen molar-refractivity contribution in [1.29, 1.82) is 0 Å². The maximum Gasteiger partial charge on any atom is 0.335 e. The summed E-state index contributed by atoms with van der Waals surface area (Å²) in [5.41, 5.74) is -0.0228. The number of aromatic carboxylic acids is 1. The summed E-state index contributed by atoms with van der Waals surface area (Å²) in [5.74, 6) is -7.68. The highest BCUT2D eigenvalue weighted by Crippen LogP contribution is 2.44. The highest BCUT2D eigenvalue weighted by atomic mass is 16.8. The molecule has 9 heterocycles. The van der Waals surface area contributed by atoms with Crippen LogP contribution in [-0.2, 0) is 114 Å². The minimum atomic E-state index is -2.13. The Labute approximate surface area is 851 Å². The largest absolute Gasteiger partial charge is 0.480 e. The van der Waals surface area contributed by atoms with Gasteiger partial charge in [0.05, 0.1) is 84.8 Å².